The summed E-state index contributed by atoms with van der Waals surface area (Å²) >= 11 is 1.55. The van der Waals surface area contributed by atoms with E-state index in [1.54, 1.807) is 22.5 Å². The van der Waals surface area contributed by atoms with Crippen molar-refractivity contribution in [3.8, 4) is 0 Å². The number of thioether (sulfide) groups is 1. The molecule has 3 heterocycles. The van der Waals surface area contributed by atoms with E-state index in [-0.39, 0.29) is 18.0 Å². The molecule has 1 aromatic carbocycles. The van der Waals surface area contributed by atoms with Crippen LogP contribution in [0.1, 0.15) is 43.7 Å². The number of aromatic nitrogens is 5. The molecule has 32 heavy (non-hydrogen) atoms. The first-order valence-corrected chi connectivity index (χ1v) is 11.6. The SMILES string of the molecule is CCCSc1nc(N[C@@H]2C[C@H]2c2ccc(F)c(F)c2)c2nnn(C3COC(C=O)C3)c2n1. The van der Waals surface area contributed by atoms with Crippen LogP contribution < -0.4 is 5.32 Å². The Kier molecular flexibility index (Phi) is 5.76. The monoisotopic (exact) mass is 460 g/mol. The van der Waals surface area contributed by atoms with Crippen LogP contribution in [0.4, 0.5) is 14.6 Å². The second-order valence-electron chi connectivity index (χ2n) is 8.07. The first-order valence-electron chi connectivity index (χ1n) is 10.6. The number of anilines is 1. The van der Waals surface area contributed by atoms with E-state index in [9.17, 15) is 13.6 Å². The second-order valence-corrected chi connectivity index (χ2v) is 9.14. The summed E-state index contributed by atoms with van der Waals surface area (Å²) < 4.78 is 34.1. The van der Waals surface area contributed by atoms with Crippen molar-refractivity contribution in [2.75, 3.05) is 17.7 Å². The molecule has 4 atom stereocenters. The molecule has 1 N–H and O–H groups in total. The van der Waals surface area contributed by atoms with Gasteiger partial charge in [-0.15, -0.1) is 5.10 Å². The predicted octanol–water partition coefficient (Wildman–Crippen LogP) is 3.50. The molecule has 1 saturated carbocycles. The number of nitrogens with zero attached hydrogens (tertiary/aromatic N) is 5. The van der Waals surface area contributed by atoms with Gasteiger partial charge in [-0.05, 0) is 30.5 Å². The Hall–Kier alpha value is -2.66. The molecule has 1 saturated heterocycles. The standard InChI is InChI=1S/C21H22F2N6O2S/c1-2-5-32-21-25-19(24-17-8-14(17)11-3-4-15(22)16(23)6-11)18-20(26-21)29(28-27-18)12-7-13(9-30)31-10-12/h3-4,6,9,12-14,17H,2,5,7-8,10H2,1H3,(H,24,25,26)/t12?,13?,14-,17+/m0/s1. The molecule has 0 radical (unpaired) electrons. The third-order valence-electron chi connectivity index (χ3n) is 5.73. The quantitative estimate of drug-likeness (QED) is 0.310. The van der Waals surface area contributed by atoms with Crippen molar-refractivity contribution in [1.29, 1.82) is 0 Å². The number of rotatable bonds is 8. The zero-order chi connectivity index (χ0) is 22.2. The number of carbonyl (C=O) groups excluding carboxylic acids is 1. The minimum atomic E-state index is -0.849. The van der Waals surface area contributed by atoms with Gasteiger partial charge in [-0.2, -0.15) is 0 Å². The van der Waals surface area contributed by atoms with Crippen LogP contribution in [-0.4, -0.2) is 55.8 Å². The van der Waals surface area contributed by atoms with Gasteiger partial charge in [0.1, 0.15) is 12.4 Å². The van der Waals surface area contributed by atoms with Gasteiger partial charge in [0, 0.05) is 24.1 Å². The first kappa shape index (κ1) is 21.2. The molecule has 1 aliphatic heterocycles. The van der Waals surface area contributed by atoms with E-state index in [4.69, 9.17) is 4.74 Å². The first-order chi connectivity index (χ1) is 15.6. The zero-order valence-electron chi connectivity index (χ0n) is 17.4. The summed E-state index contributed by atoms with van der Waals surface area (Å²) in [5.74, 6) is -0.188. The number of benzene rings is 1. The van der Waals surface area contributed by atoms with Gasteiger partial charge in [-0.3, -0.25) is 0 Å². The lowest BCUT2D eigenvalue weighted by atomic mass is 10.1. The number of hydrogen-bond donors (Lipinski definition) is 1. The Balaban J connectivity index is 1.43. The molecule has 1 aliphatic carbocycles. The molecular formula is C21H22F2N6O2S. The summed E-state index contributed by atoms with van der Waals surface area (Å²) in [6.07, 6.45) is 2.63. The van der Waals surface area contributed by atoms with Crippen molar-refractivity contribution in [2.45, 2.75) is 55.4 Å². The number of fused-ring (bicyclic) bond motifs is 1. The van der Waals surface area contributed by atoms with Gasteiger partial charge in [0.25, 0.3) is 0 Å². The normalized spacial score (nSPS) is 24.7. The van der Waals surface area contributed by atoms with Crippen LogP contribution in [0.3, 0.4) is 0 Å². The van der Waals surface area contributed by atoms with Crippen molar-refractivity contribution < 1.29 is 18.3 Å². The molecule has 0 bridgehead atoms. The lowest BCUT2D eigenvalue weighted by Crippen LogP contribution is -2.13. The molecule has 2 aromatic heterocycles. The fourth-order valence-electron chi connectivity index (χ4n) is 3.96. The molecule has 2 unspecified atom stereocenters. The fraction of sp³-hybridized carbons (Fsp3) is 0.476. The molecule has 168 valence electrons. The number of halogens is 2. The average molecular weight is 461 g/mol. The van der Waals surface area contributed by atoms with Gasteiger partial charge in [0.05, 0.1) is 12.6 Å². The summed E-state index contributed by atoms with van der Waals surface area (Å²) in [6.45, 7) is 2.45. The zero-order valence-corrected chi connectivity index (χ0v) is 18.2. The number of aldehydes is 1. The summed E-state index contributed by atoms with van der Waals surface area (Å²) in [4.78, 5) is 20.4. The molecule has 2 aliphatic rings. The molecule has 0 amide bonds. The molecule has 8 nitrogen and oxygen atoms in total. The molecule has 0 spiro atoms. The van der Waals surface area contributed by atoms with Gasteiger partial charge in [-0.1, -0.05) is 30.0 Å². The van der Waals surface area contributed by atoms with Crippen molar-refractivity contribution in [3.05, 3.63) is 35.4 Å². The van der Waals surface area contributed by atoms with Crippen LogP contribution in [0.2, 0.25) is 0 Å². The molecule has 11 heteroatoms. The highest BCUT2D eigenvalue weighted by Gasteiger charge is 2.40. The van der Waals surface area contributed by atoms with Gasteiger partial charge in [0.15, 0.2) is 33.8 Å². The largest absolute Gasteiger partial charge is 0.368 e. The van der Waals surface area contributed by atoms with Crippen LogP contribution in [0.25, 0.3) is 11.2 Å². The van der Waals surface area contributed by atoms with E-state index in [0.29, 0.717) is 35.2 Å². The highest BCUT2D eigenvalue weighted by Crippen LogP contribution is 2.43. The third kappa shape index (κ3) is 4.06. The summed E-state index contributed by atoms with van der Waals surface area (Å²) in [5.41, 5.74) is 1.88. The lowest BCUT2D eigenvalue weighted by molar-refractivity contribution is -0.115. The number of nitrogens with one attached hydrogen (secondary N) is 1. The van der Waals surface area contributed by atoms with E-state index < -0.39 is 17.7 Å². The Labute approximate surface area is 187 Å². The number of carbonyl (C=O) groups is 1. The molecular weight excluding hydrogens is 438 g/mol. The fourth-order valence-corrected chi connectivity index (χ4v) is 4.65. The molecule has 5 rings (SSSR count). The number of hydrogen-bond acceptors (Lipinski definition) is 8. The average Bonchev–Trinajstić information content (AvgIpc) is 3.20. The van der Waals surface area contributed by atoms with Crippen LogP contribution in [0.5, 0.6) is 0 Å². The molecule has 2 fully saturated rings. The minimum absolute atomic E-state index is 0.0291. The van der Waals surface area contributed by atoms with E-state index >= 15 is 0 Å². The molecule has 3 aromatic rings. The predicted molar refractivity (Wildman–Crippen MR) is 115 cm³/mol. The Morgan fingerprint density at radius 1 is 1.28 bits per heavy atom. The van der Waals surface area contributed by atoms with Crippen molar-refractivity contribution in [1.82, 2.24) is 25.0 Å². The maximum atomic E-state index is 13.6. The maximum absolute atomic E-state index is 13.6. The van der Waals surface area contributed by atoms with Crippen molar-refractivity contribution >= 4 is 35.0 Å². The van der Waals surface area contributed by atoms with Gasteiger partial charge < -0.3 is 14.8 Å². The topological polar surface area (TPSA) is 94.8 Å². The van der Waals surface area contributed by atoms with Gasteiger partial charge in [-0.25, -0.2) is 23.4 Å². The van der Waals surface area contributed by atoms with Gasteiger partial charge in [0.2, 0.25) is 0 Å². The summed E-state index contributed by atoms with van der Waals surface area (Å²) in [7, 11) is 0. The summed E-state index contributed by atoms with van der Waals surface area (Å²) in [6, 6.07) is 3.92. The van der Waals surface area contributed by atoms with Crippen LogP contribution in [0, 0.1) is 11.6 Å². The van der Waals surface area contributed by atoms with E-state index in [1.165, 1.54) is 6.07 Å². The maximum Gasteiger partial charge on any atom is 0.191 e. The smallest absolute Gasteiger partial charge is 0.191 e. The Bertz CT molecular complexity index is 1160. The van der Waals surface area contributed by atoms with E-state index in [2.05, 4.69) is 32.5 Å². The lowest BCUT2D eigenvalue weighted by Gasteiger charge is -2.11. The number of ether oxygens (including phenoxy) is 1. The highest BCUT2D eigenvalue weighted by atomic mass is 32.2. The van der Waals surface area contributed by atoms with Gasteiger partial charge >= 0.3 is 0 Å². The Morgan fingerprint density at radius 3 is 2.91 bits per heavy atom. The van der Waals surface area contributed by atoms with Crippen molar-refractivity contribution in [2.24, 2.45) is 0 Å². The minimum Gasteiger partial charge on any atom is -0.368 e. The van der Waals surface area contributed by atoms with Crippen LogP contribution >= 0.6 is 11.8 Å². The van der Waals surface area contributed by atoms with E-state index in [1.807, 2.05) is 0 Å². The highest BCUT2D eigenvalue weighted by molar-refractivity contribution is 7.99. The van der Waals surface area contributed by atoms with Crippen molar-refractivity contribution in [3.63, 3.8) is 0 Å². The second kappa shape index (κ2) is 8.70. The van der Waals surface area contributed by atoms with E-state index in [0.717, 1.165) is 36.5 Å². The Morgan fingerprint density at radius 2 is 2.16 bits per heavy atom. The summed E-state index contributed by atoms with van der Waals surface area (Å²) in [5, 5.41) is 12.6. The van der Waals surface area contributed by atoms with Crippen LogP contribution in [0.15, 0.2) is 23.4 Å². The van der Waals surface area contributed by atoms with Crippen LogP contribution in [-0.2, 0) is 9.53 Å². The third-order valence-corrected chi connectivity index (χ3v) is 6.78.